The Morgan fingerprint density at radius 2 is 1.72 bits per heavy atom. The Kier molecular flexibility index (Phi) is 7.49. The molecule has 0 aromatic heterocycles. The summed E-state index contributed by atoms with van der Waals surface area (Å²) in [4.78, 5) is 28.6. The number of urea groups is 1. The van der Waals surface area contributed by atoms with E-state index in [0.29, 0.717) is 30.3 Å². The Labute approximate surface area is 176 Å². The summed E-state index contributed by atoms with van der Waals surface area (Å²) in [6, 6.07) is 15.6. The molecule has 0 atom stereocenters. The van der Waals surface area contributed by atoms with E-state index in [4.69, 9.17) is 11.6 Å². The summed E-state index contributed by atoms with van der Waals surface area (Å²) in [6.45, 7) is 6.12. The first-order valence-corrected chi connectivity index (χ1v) is 10.2. The largest absolute Gasteiger partial charge is 0.337 e. The second-order valence-corrected chi connectivity index (χ2v) is 7.60. The number of anilines is 1. The standard InChI is InChI=1S/C22H27ClN4O2/c1-17-19(23)8-5-9-20(17)25-21(28)10-11-24-22(29)27-14-12-26(13-15-27)16-18-6-3-2-4-7-18/h2-9H,10-16H2,1H3,(H,24,29)(H,25,28). The molecular weight excluding hydrogens is 388 g/mol. The highest BCUT2D eigenvalue weighted by atomic mass is 35.5. The van der Waals surface area contributed by atoms with E-state index < -0.39 is 0 Å². The predicted octanol–water partition coefficient (Wildman–Crippen LogP) is 3.50. The fourth-order valence-electron chi connectivity index (χ4n) is 3.30. The van der Waals surface area contributed by atoms with Gasteiger partial charge in [-0.15, -0.1) is 0 Å². The van der Waals surface area contributed by atoms with Crippen LogP contribution in [0.1, 0.15) is 17.5 Å². The van der Waals surface area contributed by atoms with Gasteiger partial charge in [0.2, 0.25) is 5.91 Å². The molecule has 1 fully saturated rings. The number of carbonyl (C=O) groups is 2. The summed E-state index contributed by atoms with van der Waals surface area (Å²) in [5.74, 6) is -0.150. The second kappa shape index (κ2) is 10.3. The molecule has 0 radical (unpaired) electrons. The number of piperazine rings is 1. The van der Waals surface area contributed by atoms with Crippen molar-refractivity contribution in [1.82, 2.24) is 15.1 Å². The lowest BCUT2D eigenvalue weighted by Crippen LogP contribution is -2.51. The fraction of sp³-hybridized carbons (Fsp3) is 0.364. The van der Waals surface area contributed by atoms with Crippen LogP contribution in [-0.4, -0.2) is 54.5 Å². The molecule has 1 heterocycles. The number of nitrogens with zero attached hydrogens (tertiary/aromatic N) is 2. The predicted molar refractivity (Wildman–Crippen MR) is 116 cm³/mol. The molecule has 29 heavy (non-hydrogen) atoms. The number of rotatable bonds is 6. The summed E-state index contributed by atoms with van der Waals surface area (Å²) in [5, 5.41) is 6.29. The van der Waals surface area contributed by atoms with Crippen LogP contribution in [0.2, 0.25) is 5.02 Å². The zero-order chi connectivity index (χ0) is 20.6. The van der Waals surface area contributed by atoms with Gasteiger partial charge in [-0.05, 0) is 30.2 Å². The smallest absolute Gasteiger partial charge is 0.317 e. The molecule has 0 bridgehead atoms. The molecule has 2 N–H and O–H groups in total. The van der Waals surface area contributed by atoms with Crippen LogP contribution < -0.4 is 10.6 Å². The first kappa shape index (κ1) is 21.1. The van der Waals surface area contributed by atoms with Crippen molar-refractivity contribution in [3.05, 3.63) is 64.7 Å². The number of hydrogen-bond donors (Lipinski definition) is 2. The molecule has 1 aliphatic heterocycles. The Morgan fingerprint density at radius 3 is 2.45 bits per heavy atom. The first-order valence-electron chi connectivity index (χ1n) is 9.87. The summed E-state index contributed by atoms with van der Waals surface area (Å²) in [6.07, 6.45) is 0.214. The van der Waals surface area contributed by atoms with Crippen molar-refractivity contribution in [2.45, 2.75) is 19.9 Å². The third-order valence-corrected chi connectivity index (χ3v) is 5.49. The van der Waals surface area contributed by atoms with Crippen LogP contribution in [0.4, 0.5) is 10.5 Å². The maximum Gasteiger partial charge on any atom is 0.317 e. The number of hydrogen-bond acceptors (Lipinski definition) is 3. The molecule has 1 aliphatic rings. The van der Waals surface area contributed by atoms with E-state index in [9.17, 15) is 9.59 Å². The van der Waals surface area contributed by atoms with Gasteiger partial charge >= 0.3 is 6.03 Å². The van der Waals surface area contributed by atoms with E-state index in [-0.39, 0.29) is 18.4 Å². The van der Waals surface area contributed by atoms with Gasteiger partial charge in [-0.3, -0.25) is 9.69 Å². The minimum atomic E-state index is -0.150. The molecule has 154 valence electrons. The minimum Gasteiger partial charge on any atom is -0.337 e. The SMILES string of the molecule is Cc1c(Cl)cccc1NC(=O)CCNC(=O)N1CCN(Cc2ccccc2)CC1. The first-order chi connectivity index (χ1) is 14.0. The lowest BCUT2D eigenvalue weighted by molar-refractivity contribution is -0.116. The highest BCUT2D eigenvalue weighted by molar-refractivity contribution is 6.31. The van der Waals surface area contributed by atoms with Crippen LogP contribution in [0.5, 0.6) is 0 Å². The number of amides is 3. The quantitative estimate of drug-likeness (QED) is 0.760. The van der Waals surface area contributed by atoms with Crippen LogP contribution in [0, 0.1) is 6.92 Å². The van der Waals surface area contributed by atoms with Gasteiger partial charge in [0, 0.05) is 56.4 Å². The highest BCUT2D eigenvalue weighted by Crippen LogP contribution is 2.22. The molecule has 7 heteroatoms. The summed E-state index contributed by atoms with van der Waals surface area (Å²) >= 11 is 6.07. The molecule has 2 aromatic rings. The van der Waals surface area contributed by atoms with Gasteiger partial charge in [0.25, 0.3) is 0 Å². The normalized spacial score (nSPS) is 14.5. The summed E-state index contributed by atoms with van der Waals surface area (Å²) in [5.41, 5.74) is 2.81. The van der Waals surface area contributed by atoms with Crippen LogP contribution in [0.15, 0.2) is 48.5 Å². The average molecular weight is 415 g/mol. The van der Waals surface area contributed by atoms with Gasteiger partial charge in [-0.1, -0.05) is 48.0 Å². The van der Waals surface area contributed by atoms with Crippen molar-refractivity contribution in [1.29, 1.82) is 0 Å². The van der Waals surface area contributed by atoms with Gasteiger partial charge in [-0.2, -0.15) is 0 Å². The van der Waals surface area contributed by atoms with Crippen molar-refractivity contribution < 1.29 is 9.59 Å². The van der Waals surface area contributed by atoms with Gasteiger partial charge in [-0.25, -0.2) is 4.79 Å². The van der Waals surface area contributed by atoms with E-state index in [1.807, 2.05) is 31.2 Å². The summed E-state index contributed by atoms with van der Waals surface area (Å²) < 4.78 is 0. The monoisotopic (exact) mass is 414 g/mol. The van der Waals surface area contributed by atoms with E-state index in [2.05, 4.69) is 27.7 Å². The van der Waals surface area contributed by atoms with Crippen LogP contribution >= 0.6 is 11.6 Å². The van der Waals surface area contributed by atoms with Crippen molar-refractivity contribution in [2.24, 2.45) is 0 Å². The van der Waals surface area contributed by atoms with Crippen molar-refractivity contribution in [3.8, 4) is 0 Å². The maximum absolute atomic E-state index is 12.3. The third-order valence-electron chi connectivity index (χ3n) is 5.08. The van der Waals surface area contributed by atoms with E-state index in [1.165, 1.54) is 5.56 Å². The summed E-state index contributed by atoms with van der Waals surface area (Å²) in [7, 11) is 0. The van der Waals surface area contributed by atoms with Crippen LogP contribution in [0.25, 0.3) is 0 Å². The third kappa shape index (κ3) is 6.21. The van der Waals surface area contributed by atoms with Gasteiger partial charge < -0.3 is 15.5 Å². The lowest BCUT2D eigenvalue weighted by atomic mass is 10.2. The van der Waals surface area contributed by atoms with Gasteiger partial charge in [0.1, 0.15) is 0 Å². The average Bonchev–Trinajstić information content (AvgIpc) is 2.72. The van der Waals surface area contributed by atoms with E-state index in [0.717, 1.165) is 25.2 Å². The number of nitrogens with one attached hydrogen (secondary N) is 2. The second-order valence-electron chi connectivity index (χ2n) is 7.19. The molecule has 0 unspecified atom stereocenters. The minimum absolute atomic E-state index is 0.115. The van der Waals surface area contributed by atoms with Gasteiger partial charge in [0.05, 0.1) is 0 Å². The molecule has 1 saturated heterocycles. The van der Waals surface area contributed by atoms with Crippen LogP contribution in [-0.2, 0) is 11.3 Å². The molecule has 0 spiro atoms. The van der Waals surface area contributed by atoms with Crippen molar-refractivity contribution in [3.63, 3.8) is 0 Å². The molecule has 0 saturated carbocycles. The maximum atomic E-state index is 12.3. The Hall–Kier alpha value is -2.57. The Balaban J connectivity index is 1.36. The number of carbonyl (C=O) groups excluding carboxylic acids is 2. The van der Waals surface area contributed by atoms with E-state index >= 15 is 0 Å². The highest BCUT2D eigenvalue weighted by Gasteiger charge is 2.21. The number of benzene rings is 2. The molecule has 0 aliphatic carbocycles. The van der Waals surface area contributed by atoms with Crippen molar-refractivity contribution in [2.75, 3.05) is 38.0 Å². The van der Waals surface area contributed by atoms with Crippen molar-refractivity contribution >= 4 is 29.2 Å². The topological polar surface area (TPSA) is 64.7 Å². The molecule has 3 amide bonds. The molecule has 2 aromatic carbocycles. The fourth-order valence-corrected chi connectivity index (χ4v) is 3.48. The lowest BCUT2D eigenvalue weighted by Gasteiger charge is -2.34. The molecule has 3 rings (SSSR count). The Bertz CT molecular complexity index is 836. The Morgan fingerprint density at radius 1 is 1.00 bits per heavy atom. The number of halogens is 1. The van der Waals surface area contributed by atoms with Gasteiger partial charge in [0.15, 0.2) is 0 Å². The van der Waals surface area contributed by atoms with Crippen LogP contribution in [0.3, 0.4) is 0 Å². The zero-order valence-electron chi connectivity index (χ0n) is 16.7. The zero-order valence-corrected chi connectivity index (χ0v) is 17.4. The van der Waals surface area contributed by atoms with E-state index in [1.54, 1.807) is 17.0 Å². The molecular formula is C22H27ClN4O2. The molecule has 6 nitrogen and oxygen atoms in total.